The highest BCUT2D eigenvalue weighted by Gasteiger charge is 2.31. The lowest BCUT2D eigenvalue weighted by Gasteiger charge is -2.31. The predicted molar refractivity (Wildman–Crippen MR) is 109 cm³/mol. The van der Waals surface area contributed by atoms with Crippen LogP contribution in [0.5, 0.6) is 0 Å². The van der Waals surface area contributed by atoms with Crippen LogP contribution in [0.2, 0.25) is 0 Å². The van der Waals surface area contributed by atoms with Gasteiger partial charge >= 0.3 is 0 Å². The minimum absolute atomic E-state index is 0.242. The van der Waals surface area contributed by atoms with Crippen molar-refractivity contribution in [1.82, 2.24) is 29.4 Å². The predicted octanol–water partition coefficient (Wildman–Crippen LogP) is 3.91. The number of rotatable bonds is 4. The molecule has 4 aromatic rings. The van der Waals surface area contributed by atoms with Crippen LogP contribution in [0, 0.1) is 5.82 Å². The van der Waals surface area contributed by atoms with Crippen molar-refractivity contribution in [1.29, 1.82) is 0 Å². The van der Waals surface area contributed by atoms with Crippen molar-refractivity contribution >= 4 is 21.4 Å². The molecular formula is C20H20FN7S. The Kier molecular flexibility index (Phi) is 3.90. The molecule has 2 aliphatic rings. The lowest BCUT2D eigenvalue weighted by Crippen LogP contribution is -2.33. The lowest BCUT2D eigenvalue weighted by molar-refractivity contribution is 0.464. The second kappa shape index (κ2) is 6.62. The standard InChI is InChI=1S/C20H20FN7S/c21-15-3-1-13(2-4-15)17-11-28-19(23-17)29-20(25-28)26-9-7-14(8-10-26)18-24-22-12-27(18)16-5-6-16/h1-4,11-12,14,16H,5-10H2. The van der Waals surface area contributed by atoms with E-state index >= 15 is 0 Å². The molecule has 6 rings (SSSR count). The van der Waals surface area contributed by atoms with Crippen molar-refractivity contribution in [3.05, 3.63) is 48.4 Å². The molecule has 0 amide bonds. The fraction of sp³-hybridized carbons (Fsp3) is 0.400. The van der Waals surface area contributed by atoms with Crippen LogP contribution in [0.15, 0.2) is 36.8 Å². The van der Waals surface area contributed by atoms with E-state index in [0.29, 0.717) is 12.0 Å². The van der Waals surface area contributed by atoms with Gasteiger partial charge in [0.15, 0.2) is 0 Å². The van der Waals surface area contributed by atoms with Crippen LogP contribution in [0.25, 0.3) is 16.2 Å². The maximum absolute atomic E-state index is 13.1. The normalized spacial score (nSPS) is 18.0. The van der Waals surface area contributed by atoms with Crippen LogP contribution >= 0.6 is 11.3 Å². The third-order valence-corrected chi connectivity index (χ3v) is 6.83. The fourth-order valence-electron chi connectivity index (χ4n) is 4.08. The van der Waals surface area contributed by atoms with Gasteiger partial charge in [0.2, 0.25) is 10.1 Å². The van der Waals surface area contributed by atoms with E-state index in [2.05, 4.69) is 24.6 Å². The van der Waals surface area contributed by atoms with E-state index in [1.807, 2.05) is 17.0 Å². The van der Waals surface area contributed by atoms with Gasteiger partial charge in [-0.15, -0.1) is 15.3 Å². The molecule has 1 aliphatic heterocycles. The van der Waals surface area contributed by atoms with Gasteiger partial charge in [-0.05, 0) is 49.9 Å². The Morgan fingerprint density at radius 2 is 1.83 bits per heavy atom. The number of benzene rings is 1. The van der Waals surface area contributed by atoms with Crippen LogP contribution in [-0.4, -0.2) is 42.5 Å². The molecule has 1 saturated carbocycles. The van der Waals surface area contributed by atoms with E-state index in [1.54, 1.807) is 23.5 Å². The Balaban J connectivity index is 1.17. The summed E-state index contributed by atoms with van der Waals surface area (Å²) in [6, 6.07) is 7.02. The van der Waals surface area contributed by atoms with Crippen LogP contribution in [-0.2, 0) is 0 Å². The molecule has 0 spiro atoms. The molecule has 2 fully saturated rings. The first-order valence-corrected chi connectivity index (χ1v) is 10.8. The van der Waals surface area contributed by atoms with Crippen LogP contribution < -0.4 is 4.90 Å². The number of hydrogen-bond acceptors (Lipinski definition) is 6. The average Bonchev–Trinajstić information content (AvgIpc) is 3.15. The Labute approximate surface area is 170 Å². The summed E-state index contributed by atoms with van der Waals surface area (Å²) in [5, 5.41) is 14.3. The third-order valence-electron chi connectivity index (χ3n) is 5.84. The minimum Gasteiger partial charge on any atom is -0.347 e. The molecule has 0 radical (unpaired) electrons. The first-order valence-electron chi connectivity index (χ1n) is 10.0. The lowest BCUT2D eigenvalue weighted by atomic mass is 9.96. The number of aromatic nitrogens is 6. The van der Waals surface area contributed by atoms with Crippen molar-refractivity contribution < 1.29 is 4.39 Å². The monoisotopic (exact) mass is 409 g/mol. The Morgan fingerprint density at radius 3 is 2.55 bits per heavy atom. The smallest absolute Gasteiger partial charge is 0.214 e. The van der Waals surface area contributed by atoms with Crippen molar-refractivity contribution in [2.75, 3.05) is 18.0 Å². The Bertz CT molecular complexity index is 1120. The van der Waals surface area contributed by atoms with Gasteiger partial charge in [0.25, 0.3) is 0 Å². The number of imidazole rings is 1. The zero-order valence-electron chi connectivity index (χ0n) is 15.8. The van der Waals surface area contributed by atoms with Gasteiger partial charge < -0.3 is 9.47 Å². The summed E-state index contributed by atoms with van der Waals surface area (Å²) >= 11 is 1.60. The largest absolute Gasteiger partial charge is 0.347 e. The van der Waals surface area contributed by atoms with Gasteiger partial charge in [0.1, 0.15) is 18.0 Å². The topological polar surface area (TPSA) is 64.1 Å². The van der Waals surface area contributed by atoms with Crippen LogP contribution in [0.4, 0.5) is 9.52 Å². The quantitative estimate of drug-likeness (QED) is 0.511. The van der Waals surface area contributed by atoms with Gasteiger partial charge in [0, 0.05) is 30.6 Å². The van der Waals surface area contributed by atoms with E-state index in [4.69, 9.17) is 5.10 Å². The van der Waals surface area contributed by atoms with Gasteiger partial charge in [-0.3, -0.25) is 0 Å². The molecule has 4 heterocycles. The molecular weight excluding hydrogens is 389 g/mol. The maximum atomic E-state index is 13.1. The highest BCUT2D eigenvalue weighted by atomic mass is 32.1. The van der Waals surface area contributed by atoms with Crippen molar-refractivity contribution in [3.8, 4) is 11.3 Å². The number of fused-ring (bicyclic) bond motifs is 1. The Morgan fingerprint density at radius 1 is 1.03 bits per heavy atom. The summed E-state index contributed by atoms with van der Waals surface area (Å²) in [6.07, 6.45) is 8.44. The van der Waals surface area contributed by atoms with E-state index in [-0.39, 0.29) is 5.82 Å². The number of piperidine rings is 1. The number of hydrogen-bond donors (Lipinski definition) is 0. The molecule has 0 atom stereocenters. The van der Waals surface area contributed by atoms with Crippen molar-refractivity contribution in [2.45, 2.75) is 37.6 Å². The zero-order valence-corrected chi connectivity index (χ0v) is 16.6. The highest BCUT2D eigenvalue weighted by Crippen LogP contribution is 2.39. The summed E-state index contributed by atoms with van der Waals surface area (Å²) in [5.41, 5.74) is 1.71. The summed E-state index contributed by atoms with van der Waals surface area (Å²) in [4.78, 5) is 7.86. The van der Waals surface area contributed by atoms with Crippen LogP contribution in [0.1, 0.15) is 43.5 Å². The van der Waals surface area contributed by atoms with E-state index in [1.165, 1.54) is 25.0 Å². The molecule has 7 nitrogen and oxygen atoms in total. The van der Waals surface area contributed by atoms with E-state index in [9.17, 15) is 4.39 Å². The molecule has 0 bridgehead atoms. The first-order chi connectivity index (χ1) is 14.2. The second-order valence-corrected chi connectivity index (χ2v) is 8.77. The maximum Gasteiger partial charge on any atom is 0.214 e. The van der Waals surface area contributed by atoms with Gasteiger partial charge in [-0.25, -0.2) is 13.9 Å². The Hall–Kier alpha value is -2.81. The average molecular weight is 409 g/mol. The third kappa shape index (κ3) is 3.09. The molecule has 0 N–H and O–H groups in total. The first kappa shape index (κ1) is 17.1. The zero-order chi connectivity index (χ0) is 19.4. The molecule has 1 aliphatic carbocycles. The molecule has 29 heavy (non-hydrogen) atoms. The van der Waals surface area contributed by atoms with E-state index < -0.39 is 0 Å². The van der Waals surface area contributed by atoms with Crippen molar-refractivity contribution in [3.63, 3.8) is 0 Å². The SMILES string of the molecule is Fc1ccc(-c2cn3nc(N4CCC(c5nncn5C5CC5)CC4)sc3n2)cc1. The molecule has 1 aromatic carbocycles. The fourth-order valence-corrected chi connectivity index (χ4v) is 5.02. The van der Waals surface area contributed by atoms with Crippen molar-refractivity contribution in [2.24, 2.45) is 0 Å². The molecule has 148 valence electrons. The van der Waals surface area contributed by atoms with E-state index in [0.717, 1.165) is 53.1 Å². The van der Waals surface area contributed by atoms with Gasteiger partial charge in [-0.1, -0.05) is 11.3 Å². The summed E-state index contributed by atoms with van der Waals surface area (Å²) < 4.78 is 17.3. The van der Waals surface area contributed by atoms with Crippen LogP contribution in [0.3, 0.4) is 0 Å². The second-order valence-electron chi connectivity index (χ2n) is 7.83. The minimum atomic E-state index is -0.242. The molecule has 9 heteroatoms. The van der Waals surface area contributed by atoms with Gasteiger partial charge in [0.05, 0.1) is 11.9 Å². The molecule has 0 unspecified atom stereocenters. The number of halogens is 1. The summed E-state index contributed by atoms with van der Waals surface area (Å²) in [5.74, 6) is 1.39. The summed E-state index contributed by atoms with van der Waals surface area (Å²) in [7, 11) is 0. The molecule has 1 saturated heterocycles. The highest BCUT2D eigenvalue weighted by molar-refractivity contribution is 7.20. The molecule has 3 aromatic heterocycles. The number of anilines is 1. The summed E-state index contributed by atoms with van der Waals surface area (Å²) in [6.45, 7) is 1.92. The number of nitrogens with zero attached hydrogens (tertiary/aromatic N) is 7. The van der Waals surface area contributed by atoms with Gasteiger partial charge in [-0.2, -0.15) is 0 Å².